The number of piperidine rings is 1. The van der Waals surface area contributed by atoms with E-state index in [2.05, 4.69) is 15.3 Å². The molecule has 7 nitrogen and oxygen atoms in total. The van der Waals surface area contributed by atoms with Crippen molar-refractivity contribution in [2.75, 3.05) is 19.0 Å². The highest BCUT2D eigenvalue weighted by atomic mass is 19.1. The molecule has 0 bridgehead atoms. The van der Waals surface area contributed by atoms with E-state index in [0.29, 0.717) is 29.4 Å². The Labute approximate surface area is 191 Å². The number of rotatable bonds is 5. The maximum absolute atomic E-state index is 13.9. The van der Waals surface area contributed by atoms with E-state index in [1.165, 1.54) is 25.4 Å². The second kappa shape index (κ2) is 9.77. The molecule has 0 radical (unpaired) electrons. The first kappa shape index (κ1) is 22.4. The minimum absolute atomic E-state index is 0.0897. The van der Waals surface area contributed by atoms with Gasteiger partial charge in [-0.25, -0.2) is 14.4 Å². The van der Waals surface area contributed by atoms with Crippen LogP contribution < -0.4 is 10.1 Å². The number of likely N-dealkylation sites (tertiary alicyclic amines) is 1. The van der Waals surface area contributed by atoms with E-state index < -0.39 is 11.7 Å². The molecule has 1 N–H and O–H groups in total. The summed E-state index contributed by atoms with van der Waals surface area (Å²) in [5, 5.41) is 2.56. The third-order valence-electron chi connectivity index (χ3n) is 5.76. The van der Waals surface area contributed by atoms with Gasteiger partial charge in [-0.1, -0.05) is 24.3 Å². The largest absolute Gasteiger partial charge is 0.496 e. The Hall–Kier alpha value is -3.81. The van der Waals surface area contributed by atoms with Crippen molar-refractivity contribution in [2.45, 2.75) is 32.2 Å². The summed E-state index contributed by atoms with van der Waals surface area (Å²) in [6.07, 6.45) is 3.99. The van der Waals surface area contributed by atoms with Crippen molar-refractivity contribution in [3.8, 4) is 5.75 Å². The Morgan fingerprint density at radius 2 is 1.85 bits per heavy atom. The van der Waals surface area contributed by atoms with Crippen LogP contribution in [0, 0.1) is 12.7 Å². The summed E-state index contributed by atoms with van der Waals surface area (Å²) in [6, 6.07) is 12.8. The van der Waals surface area contributed by atoms with Gasteiger partial charge < -0.3 is 15.0 Å². The molecule has 4 rings (SSSR count). The van der Waals surface area contributed by atoms with Gasteiger partial charge in [0.2, 0.25) is 0 Å². The van der Waals surface area contributed by atoms with Gasteiger partial charge in [0.25, 0.3) is 11.8 Å². The second-order valence-electron chi connectivity index (χ2n) is 7.87. The number of para-hydroxylation sites is 2. The van der Waals surface area contributed by atoms with Crippen molar-refractivity contribution >= 4 is 17.5 Å². The standard InChI is InChI=1S/C25H25FN4O3/c1-16-18(24(31)29-20-11-5-4-10-19(20)26)15-27-23(28-16)21-12-7-8-14-30(21)25(32)17-9-3-6-13-22(17)33-2/h3-6,9-11,13,15,21H,7-8,12,14H2,1-2H3,(H,29,31)/t21-/m1/s1. The molecule has 1 atom stereocenters. The fourth-order valence-corrected chi connectivity index (χ4v) is 4.04. The van der Waals surface area contributed by atoms with Gasteiger partial charge in [-0.2, -0.15) is 0 Å². The number of halogens is 1. The van der Waals surface area contributed by atoms with Crippen LogP contribution in [0.3, 0.4) is 0 Å². The number of hydrogen-bond donors (Lipinski definition) is 1. The van der Waals surface area contributed by atoms with Crippen molar-refractivity contribution in [3.63, 3.8) is 0 Å². The molecule has 2 heterocycles. The molecule has 1 aromatic heterocycles. The fraction of sp³-hybridized carbons (Fsp3) is 0.280. The van der Waals surface area contributed by atoms with E-state index in [4.69, 9.17) is 4.74 Å². The molecule has 0 unspecified atom stereocenters. The normalized spacial score (nSPS) is 15.7. The van der Waals surface area contributed by atoms with Crippen LogP contribution in [0.25, 0.3) is 0 Å². The maximum Gasteiger partial charge on any atom is 0.259 e. The van der Waals surface area contributed by atoms with Crippen molar-refractivity contribution in [2.24, 2.45) is 0 Å². The first-order valence-corrected chi connectivity index (χ1v) is 10.8. The Kier molecular flexibility index (Phi) is 6.63. The van der Waals surface area contributed by atoms with Gasteiger partial charge in [0.1, 0.15) is 11.6 Å². The van der Waals surface area contributed by atoms with Crippen LogP contribution in [0.4, 0.5) is 10.1 Å². The van der Waals surface area contributed by atoms with Crippen LogP contribution in [0.15, 0.2) is 54.7 Å². The average Bonchev–Trinajstić information content (AvgIpc) is 2.84. The van der Waals surface area contributed by atoms with Crippen molar-refractivity contribution in [1.82, 2.24) is 14.9 Å². The van der Waals surface area contributed by atoms with Crippen LogP contribution >= 0.6 is 0 Å². The summed E-state index contributed by atoms with van der Waals surface area (Å²) in [7, 11) is 1.54. The molecular weight excluding hydrogens is 423 g/mol. The van der Waals surface area contributed by atoms with E-state index in [9.17, 15) is 14.0 Å². The summed E-state index contributed by atoms with van der Waals surface area (Å²) in [5.74, 6) is -0.148. The van der Waals surface area contributed by atoms with Gasteiger partial charge >= 0.3 is 0 Å². The van der Waals surface area contributed by atoms with Gasteiger partial charge in [0.05, 0.1) is 35.7 Å². The third-order valence-corrected chi connectivity index (χ3v) is 5.76. The highest BCUT2D eigenvalue weighted by Gasteiger charge is 2.32. The highest BCUT2D eigenvalue weighted by molar-refractivity contribution is 6.04. The summed E-state index contributed by atoms with van der Waals surface area (Å²) in [4.78, 5) is 36.8. The predicted molar refractivity (Wildman–Crippen MR) is 122 cm³/mol. The van der Waals surface area contributed by atoms with Gasteiger partial charge in [-0.05, 0) is 50.5 Å². The lowest BCUT2D eigenvalue weighted by Crippen LogP contribution is -2.39. The Morgan fingerprint density at radius 1 is 1.09 bits per heavy atom. The molecule has 1 fully saturated rings. The third kappa shape index (κ3) is 4.69. The van der Waals surface area contributed by atoms with Gasteiger partial charge in [0.15, 0.2) is 5.82 Å². The van der Waals surface area contributed by atoms with Crippen LogP contribution in [0.5, 0.6) is 5.75 Å². The monoisotopic (exact) mass is 448 g/mol. The molecule has 170 valence electrons. The number of carbonyl (C=O) groups is 2. The van der Waals surface area contributed by atoms with Crippen LogP contribution in [-0.4, -0.2) is 40.3 Å². The molecule has 3 aromatic rings. The van der Waals surface area contributed by atoms with Gasteiger partial charge in [0, 0.05) is 12.7 Å². The zero-order chi connectivity index (χ0) is 23.4. The number of aromatic nitrogens is 2. The Balaban J connectivity index is 1.58. The molecule has 8 heteroatoms. The lowest BCUT2D eigenvalue weighted by atomic mass is 9.99. The zero-order valence-corrected chi connectivity index (χ0v) is 18.5. The molecule has 0 spiro atoms. The lowest BCUT2D eigenvalue weighted by Gasteiger charge is -2.35. The summed E-state index contributed by atoms with van der Waals surface area (Å²) in [5.41, 5.74) is 1.29. The van der Waals surface area contributed by atoms with Crippen LogP contribution in [-0.2, 0) is 0 Å². The molecule has 2 amide bonds. The number of carbonyl (C=O) groups excluding carboxylic acids is 2. The summed E-state index contributed by atoms with van der Waals surface area (Å²) >= 11 is 0. The van der Waals surface area contributed by atoms with Crippen LogP contribution in [0.1, 0.15) is 57.5 Å². The number of aryl methyl sites for hydroxylation is 1. The van der Waals surface area contributed by atoms with Crippen molar-refractivity contribution in [1.29, 1.82) is 0 Å². The topological polar surface area (TPSA) is 84.4 Å². The number of hydrogen-bond acceptors (Lipinski definition) is 5. The molecule has 0 aliphatic carbocycles. The van der Waals surface area contributed by atoms with Crippen molar-refractivity contribution < 1.29 is 18.7 Å². The van der Waals surface area contributed by atoms with E-state index in [1.807, 2.05) is 6.07 Å². The number of nitrogens with one attached hydrogen (secondary N) is 1. The number of ether oxygens (including phenoxy) is 1. The van der Waals surface area contributed by atoms with E-state index in [-0.39, 0.29) is 23.2 Å². The number of nitrogens with zero attached hydrogens (tertiary/aromatic N) is 3. The molecule has 1 aliphatic heterocycles. The maximum atomic E-state index is 13.9. The molecule has 0 saturated carbocycles. The predicted octanol–water partition coefficient (Wildman–Crippen LogP) is 4.55. The average molecular weight is 448 g/mol. The number of amides is 2. The number of anilines is 1. The van der Waals surface area contributed by atoms with Crippen molar-refractivity contribution in [3.05, 3.63) is 83.2 Å². The Bertz CT molecular complexity index is 1180. The highest BCUT2D eigenvalue weighted by Crippen LogP contribution is 2.32. The number of benzene rings is 2. The quantitative estimate of drug-likeness (QED) is 0.619. The molecule has 2 aromatic carbocycles. The lowest BCUT2D eigenvalue weighted by molar-refractivity contribution is 0.0595. The molecule has 33 heavy (non-hydrogen) atoms. The summed E-state index contributed by atoms with van der Waals surface area (Å²) in [6.45, 7) is 2.29. The van der Waals surface area contributed by atoms with Crippen LogP contribution in [0.2, 0.25) is 0 Å². The van der Waals surface area contributed by atoms with Gasteiger partial charge in [-0.15, -0.1) is 0 Å². The second-order valence-corrected chi connectivity index (χ2v) is 7.87. The molecule has 1 saturated heterocycles. The zero-order valence-electron chi connectivity index (χ0n) is 18.5. The first-order valence-electron chi connectivity index (χ1n) is 10.8. The molecular formula is C25H25FN4O3. The van der Waals surface area contributed by atoms with Gasteiger partial charge in [-0.3, -0.25) is 9.59 Å². The first-order chi connectivity index (χ1) is 16.0. The SMILES string of the molecule is COc1ccccc1C(=O)N1CCCC[C@@H]1c1ncc(C(=O)Nc2ccccc2F)c(C)n1. The summed E-state index contributed by atoms with van der Waals surface area (Å²) < 4.78 is 19.3. The van der Waals surface area contributed by atoms with E-state index in [1.54, 1.807) is 42.2 Å². The Morgan fingerprint density at radius 3 is 2.61 bits per heavy atom. The molecule has 1 aliphatic rings. The number of methoxy groups -OCH3 is 1. The fourth-order valence-electron chi connectivity index (χ4n) is 4.04. The minimum atomic E-state index is -0.520. The van der Waals surface area contributed by atoms with E-state index in [0.717, 1.165) is 19.3 Å². The smallest absolute Gasteiger partial charge is 0.259 e. The van der Waals surface area contributed by atoms with E-state index >= 15 is 0 Å². The minimum Gasteiger partial charge on any atom is -0.496 e.